The number of para-hydroxylation sites is 2. The fourth-order valence-corrected chi connectivity index (χ4v) is 2.96. The third-order valence-corrected chi connectivity index (χ3v) is 4.62. The van der Waals surface area contributed by atoms with Gasteiger partial charge in [-0.05, 0) is 25.5 Å². The Kier molecular flexibility index (Phi) is 7.36. The average Bonchev–Trinajstić information content (AvgIpc) is 2.63. The Labute approximate surface area is 161 Å². The van der Waals surface area contributed by atoms with Gasteiger partial charge in [-0.1, -0.05) is 42.0 Å². The number of ether oxygens (including phenoxy) is 1. The highest BCUT2D eigenvalue weighted by atomic mass is 32.2. The molecule has 8 heteroatoms. The summed E-state index contributed by atoms with van der Waals surface area (Å²) in [5.41, 5.74) is 2.10. The molecule has 0 aliphatic heterocycles. The molecular weight excluding hydrogens is 368 g/mol. The number of thioether (sulfide) groups is 1. The fraction of sp³-hybridized carbons (Fsp3) is 0.263. The molecule has 1 N–H and O–H groups in total. The van der Waals surface area contributed by atoms with Gasteiger partial charge in [0, 0.05) is 11.8 Å². The lowest BCUT2D eigenvalue weighted by atomic mass is 10.2. The molecule has 142 valence electrons. The number of nitrogens with zero attached hydrogens (tertiary/aromatic N) is 1. The summed E-state index contributed by atoms with van der Waals surface area (Å²) in [5, 5.41) is 13.4. The lowest BCUT2D eigenvalue weighted by Gasteiger charge is -2.13. The van der Waals surface area contributed by atoms with Crippen LogP contribution in [0.15, 0.2) is 48.5 Å². The molecule has 0 aliphatic carbocycles. The second kappa shape index (κ2) is 9.72. The molecule has 1 atom stereocenters. The Balaban J connectivity index is 1.80. The Morgan fingerprint density at radius 1 is 1.19 bits per heavy atom. The first-order chi connectivity index (χ1) is 12.9. The summed E-state index contributed by atoms with van der Waals surface area (Å²) in [5.74, 6) is -0.373. The van der Waals surface area contributed by atoms with E-state index in [-0.39, 0.29) is 17.1 Å². The number of carbonyl (C=O) groups is 2. The van der Waals surface area contributed by atoms with Gasteiger partial charge in [0.05, 0.1) is 10.7 Å². The Morgan fingerprint density at radius 3 is 2.52 bits per heavy atom. The topological polar surface area (TPSA) is 98.5 Å². The first-order valence-electron chi connectivity index (χ1n) is 8.24. The zero-order valence-electron chi connectivity index (χ0n) is 15.0. The second-order valence-electron chi connectivity index (χ2n) is 5.87. The van der Waals surface area contributed by atoms with Crippen molar-refractivity contribution in [3.63, 3.8) is 0 Å². The molecule has 0 saturated heterocycles. The van der Waals surface area contributed by atoms with E-state index in [1.54, 1.807) is 6.07 Å². The lowest BCUT2D eigenvalue weighted by Crippen LogP contribution is -2.30. The Morgan fingerprint density at radius 2 is 1.85 bits per heavy atom. The zero-order chi connectivity index (χ0) is 19.8. The van der Waals surface area contributed by atoms with Gasteiger partial charge in [-0.25, -0.2) is 0 Å². The number of amides is 1. The molecule has 1 amide bonds. The SMILES string of the molecule is Cc1ccc(CSCC(=O)O[C@H](C)C(=O)Nc2ccccc2[N+](=O)[O-])cc1. The van der Waals surface area contributed by atoms with Gasteiger partial charge in [-0.3, -0.25) is 19.7 Å². The van der Waals surface area contributed by atoms with Crippen LogP contribution in [0.1, 0.15) is 18.1 Å². The summed E-state index contributed by atoms with van der Waals surface area (Å²) in [4.78, 5) is 34.4. The average molecular weight is 388 g/mol. The van der Waals surface area contributed by atoms with E-state index in [0.29, 0.717) is 5.75 Å². The molecule has 0 unspecified atom stereocenters. The van der Waals surface area contributed by atoms with Crippen LogP contribution < -0.4 is 5.32 Å². The molecule has 2 aromatic carbocycles. The number of hydrogen-bond donors (Lipinski definition) is 1. The number of nitro benzene ring substituents is 1. The molecule has 0 heterocycles. The number of hydrogen-bond acceptors (Lipinski definition) is 6. The number of aryl methyl sites for hydroxylation is 1. The van der Waals surface area contributed by atoms with Crippen molar-refractivity contribution >= 4 is 35.0 Å². The van der Waals surface area contributed by atoms with E-state index in [9.17, 15) is 19.7 Å². The van der Waals surface area contributed by atoms with Crippen molar-refractivity contribution in [2.75, 3.05) is 11.1 Å². The standard InChI is InChI=1S/C19H20N2O5S/c1-13-7-9-15(10-8-13)11-27-12-18(22)26-14(2)19(23)20-16-5-3-4-6-17(16)21(24)25/h3-10,14H,11-12H2,1-2H3,(H,20,23)/t14-/m1/s1. The van der Waals surface area contributed by atoms with Crippen molar-refractivity contribution in [1.82, 2.24) is 0 Å². The number of rotatable bonds is 8. The number of nitrogens with one attached hydrogen (secondary N) is 1. The third kappa shape index (κ3) is 6.41. The molecule has 2 aromatic rings. The number of carbonyl (C=O) groups excluding carboxylic acids is 2. The normalized spacial score (nSPS) is 11.5. The van der Waals surface area contributed by atoms with Crippen LogP contribution in [0.2, 0.25) is 0 Å². The van der Waals surface area contributed by atoms with Gasteiger partial charge in [0.15, 0.2) is 6.10 Å². The van der Waals surface area contributed by atoms with Crippen LogP contribution >= 0.6 is 11.8 Å². The fourth-order valence-electron chi connectivity index (χ4n) is 2.19. The smallest absolute Gasteiger partial charge is 0.316 e. The minimum absolute atomic E-state index is 0.0594. The minimum Gasteiger partial charge on any atom is -0.452 e. The van der Waals surface area contributed by atoms with Crippen molar-refractivity contribution in [3.8, 4) is 0 Å². The van der Waals surface area contributed by atoms with Gasteiger partial charge in [0.1, 0.15) is 5.69 Å². The number of benzene rings is 2. The highest BCUT2D eigenvalue weighted by molar-refractivity contribution is 7.99. The predicted octanol–water partition coefficient (Wildman–Crippen LogP) is 3.71. The van der Waals surface area contributed by atoms with Crippen molar-refractivity contribution in [2.24, 2.45) is 0 Å². The molecule has 0 radical (unpaired) electrons. The third-order valence-electron chi connectivity index (χ3n) is 3.65. The van der Waals surface area contributed by atoms with E-state index in [4.69, 9.17) is 4.74 Å². The van der Waals surface area contributed by atoms with Gasteiger partial charge in [0.25, 0.3) is 11.6 Å². The minimum atomic E-state index is -1.06. The summed E-state index contributed by atoms with van der Waals surface area (Å²) in [6.07, 6.45) is -1.06. The number of anilines is 1. The van der Waals surface area contributed by atoms with Gasteiger partial charge in [-0.15, -0.1) is 11.8 Å². The van der Waals surface area contributed by atoms with Crippen LogP contribution in [-0.4, -0.2) is 28.7 Å². The first-order valence-corrected chi connectivity index (χ1v) is 9.39. The van der Waals surface area contributed by atoms with Crippen LogP contribution in [0.4, 0.5) is 11.4 Å². The van der Waals surface area contributed by atoms with Crippen LogP contribution in [0.3, 0.4) is 0 Å². The summed E-state index contributed by atoms with van der Waals surface area (Å²) in [6, 6.07) is 13.8. The highest BCUT2D eigenvalue weighted by Gasteiger charge is 2.21. The van der Waals surface area contributed by atoms with Crippen molar-refractivity contribution < 1.29 is 19.2 Å². The molecule has 2 rings (SSSR count). The maximum absolute atomic E-state index is 12.1. The highest BCUT2D eigenvalue weighted by Crippen LogP contribution is 2.23. The summed E-state index contributed by atoms with van der Waals surface area (Å²) >= 11 is 1.39. The molecular formula is C19H20N2O5S. The molecule has 0 spiro atoms. The Hall–Kier alpha value is -2.87. The van der Waals surface area contributed by atoms with Crippen molar-refractivity contribution in [3.05, 3.63) is 69.8 Å². The summed E-state index contributed by atoms with van der Waals surface area (Å²) in [7, 11) is 0. The maximum Gasteiger partial charge on any atom is 0.316 e. The van der Waals surface area contributed by atoms with E-state index in [1.807, 2.05) is 31.2 Å². The van der Waals surface area contributed by atoms with Gasteiger partial charge >= 0.3 is 5.97 Å². The van der Waals surface area contributed by atoms with Crippen LogP contribution in [0, 0.1) is 17.0 Å². The Bertz CT molecular complexity index is 823. The lowest BCUT2D eigenvalue weighted by molar-refractivity contribution is -0.383. The van der Waals surface area contributed by atoms with E-state index in [0.717, 1.165) is 5.56 Å². The quantitative estimate of drug-likeness (QED) is 0.420. The predicted molar refractivity (Wildman–Crippen MR) is 105 cm³/mol. The van der Waals surface area contributed by atoms with E-state index in [2.05, 4.69) is 5.32 Å². The van der Waals surface area contributed by atoms with Crippen LogP contribution in [-0.2, 0) is 20.1 Å². The molecule has 0 saturated carbocycles. The monoisotopic (exact) mass is 388 g/mol. The summed E-state index contributed by atoms with van der Waals surface area (Å²) in [6.45, 7) is 3.43. The van der Waals surface area contributed by atoms with E-state index in [1.165, 1.54) is 42.4 Å². The zero-order valence-corrected chi connectivity index (χ0v) is 15.8. The largest absolute Gasteiger partial charge is 0.452 e. The maximum atomic E-state index is 12.1. The van der Waals surface area contributed by atoms with Crippen molar-refractivity contribution in [2.45, 2.75) is 25.7 Å². The van der Waals surface area contributed by atoms with E-state index < -0.39 is 22.9 Å². The van der Waals surface area contributed by atoms with Gasteiger partial charge < -0.3 is 10.1 Å². The van der Waals surface area contributed by atoms with E-state index >= 15 is 0 Å². The van der Waals surface area contributed by atoms with Crippen molar-refractivity contribution in [1.29, 1.82) is 0 Å². The van der Waals surface area contributed by atoms with Gasteiger partial charge in [0.2, 0.25) is 0 Å². The first kappa shape index (κ1) is 20.4. The van der Waals surface area contributed by atoms with Crippen LogP contribution in [0.5, 0.6) is 0 Å². The van der Waals surface area contributed by atoms with Gasteiger partial charge in [-0.2, -0.15) is 0 Å². The molecule has 0 fully saturated rings. The molecule has 7 nitrogen and oxygen atoms in total. The second-order valence-corrected chi connectivity index (χ2v) is 6.86. The molecule has 0 aromatic heterocycles. The molecule has 27 heavy (non-hydrogen) atoms. The summed E-state index contributed by atoms with van der Waals surface area (Å²) < 4.78 is 5.10. The number of esters is 1. The molecule has 0 aliphatic rings. The number of nitro groups is 1. The molecule has 0 bridgehead atoms. The van der Waals surface area contributed by atoms with Crippen LogP contribution in [0.25, 0.3) is 0 Å².